The number of rotatable bonds is 3. The largest absolute Gasteiger partial charge is 0.325 e. The predicted molar refractivity (Wildman–Crippen MR) is 95.7 cm³/mol. The molecule has 0 fully saturated rings. The molecule has 0 aliphatic heterocycles. The van der Waals surface area contributed by atoms with Crippen LogP contribution in [0.2, 0.25) is 0 Å². The molecule has 0 bridgehead atoms. The predicted octanol–water partition coefficient (Wildman–Crippen LogP) is 3.71. The van der Waals surface area contributed by atoms with Crippen molar-refractivity contribution in [3.63, 3.8) is 0 Å². The number of anilines is 1. The fraction of sp³-hybridized carbons (Fsp3) is 0.111. The van der Waals surface area contributed by atoms with Crippen molar-refractivity contribution in [1.29, 1.82) is 0 Å². The highest BCUT2D eigenvalue weighted by molar-refractivity contribution is 9.10. The molecule has 0 spiro atoms. The van der Waals surface area contributed by atoms with Crippen LogP contribution < -0.4 is 10.9 Å². The molecule has 0 saturated heterocycles. The van der Waals surface area contributed by atoms with Gasteiger partial charge in [0, 0.05) is 21.7 Å². The Morgan fingerprint density at radius 3 is 2.74 bits per heavy atom. The topological polar surface area (TPSA) is 51.1 Å². The second-order valence-electron chi connectivity index (χ2n) is 5.35. The van der Waals surface area contributed by atoms with Crippen LogP contribution in [-0.4, -0.2) is 10.5 Å². The van der Waals surface area contributed by atoms with Gasteiger partial charge >= 0.3 is 0 Å². The van der Waals surface area contributed by atoms with Crippen LogP contribution in [0, 0.1) is 6.92 Å². The first-order chi connectivity index (χ1) is 11.0. The summed E-state index contributed by atoms with van der Waals surface area (Å²) in [6, 6.07) is 14.8. The summed E-state index contributed by atoms with van der Waals surface area (Å²) >= 11 is 3.42. The molecule has 1 aromatic heterocycles. The van der Waals surface area contributed by atoms with E-state index in [4.69, 9.17) is 0 Å². The zero-order chi connectivity index (χ0) is 16.4. The van der Waals surface area contributed by atoms with Crippen molar-refractivity contribution >= 4 is 38.3 Å². The highest BCUT2D eigenvalue weighted by atomic mass is 79.9. The van der Waals surface area contributed by atoms with E-state index in [1.165, 1.54) is 4.57 Å². The Kier molecular flexibility index (Phi) is 4.30. The van der Waals surface area contributed by atoms with Crippen LogP contribution in [0.3, 0.4) is 0 Å². The molecule has 5 heteroatoms. The van der Waals surface area contributed by atoms with Crippen molar-refractivity contribution in [3.8, 4) is 0 Å². The zero-order valence-corrected chi connectivity index (χ0v) is 14.1. The number of aryl methyl sites for hydroxylation is 1. The standard InChI is InChI=1S/C18H15BrN2O2/c1-12-10-14(6-7-16(12)19)20-17(22)11-21-9-8-13-4-2-3-5-15(13)18(21)23/h2-10H,11H2,1H3,(H,20,22). The van der Waals surface area contributed by atoms with Crippen molar-refractivity contribution < 1.29 is 4.79 Å². The Morgan fingerprint density at radius 2 is 1.96 bits per heavy atom. The molecule has 1 N–H and O–H groups in total. The van der Waals surface area contributed by atoms with E-state index in [9.17, 15) is 9.59 Å². The molecule has 0 saturated carbocycles. The second-order valence-corrected chi connectivity index (χ2v) is 6.20. The molecule has 0 radical (unpaired) electrons. The molecule has 3 rings (SSSR count). The van der Waals surface area contributed by atoms with Crippen molar-refractivity contribution in [1.82, 2.24) is 4.57 Å². The third kappa shape index (κ3) is 3.35. The minimum atomic E-state index is -0.232. The van der Waals surface area contributed by atoms with Gasteiger partial charge in [0.2, 0.25) is 5.91 Å². The maximum absolute atomic E-state index is 12.4. The fourth-order valence-electron chi connectivity index (χ4n) is 2.43. The lowest BCUT2D eigenvalue weighted by molar-refractivity contribution is -0.116. The van der Waals surface area contributed by atoms with Crippen LogP contribution in [0.15, 0.2) is 64.0 Å². The van der Waals surface area contributed by atoms with Gasteiger partial charge in [-0.3, -0.25) is 9.59 Å². The molecule has 0 atom stereocenters. The number of hydrogen-bond acceptors (Lipinski definition) is 2. The van der Waals surface area contributed by atoms with Gasteiger partial charge in [0.1, 0.15) is 6.54 Å². The lowest BCUT2D eigenvalue weighted by Gasteiger charge is -2.09. The van der Waals surface area contributed by atoms with Crippen LogP contribution in [0.25, 0.3) is 10.8 Å². The number of amides is 1. The number of halogens is 1. The number of aromatic nitrogens is 1. The number of nitrogens with one attached hydrogen (secondary N) is 1. The van der Waals surface area contributed by atoms with Crippen LogP contribution in [-0.2, 0) is 11.3 Å². The Hall–Kier alpha value is -2.40. The highest BCUT2D eigenvalue weighted by Crippen LogP contribution is 2.20. The van der Waals surface area contributed by atoms with Gasteiger partial charge in [0.15, 0.2) is 0 Å². The molecule has 1 amide bonds. The average molecular weight is 371 g/mol. The molecule has 1 heterocycles. The Balaban J connectivity index is 1.81. The first-order valence-corrected chi connectivity index (χ1v) is 7.98. The number of fused-ring (bicyclic) bond motifs is 1. The first kappa shape index (κ1) is 15.5. The Bertz CT molecular complexity index is 947. The van der Waals surface area contributed by atoms with E-state index in [0.717, 1.165) is 15.4 Å². The minimum Gasteiger partial charge on any atom is -0.325 e. The van der Waals surface area contributed by atoms with Gasteiger partial charge in [-0.25, -0.2) is 0 Å². The third-order valence-electron chi connectivity index (χ3n) is 3.64. The summed E-state index contributed by atoms with van der Waals surface area (Å²) in [4.78, 5) is 24.6. The molecule has 23 heavy (non-hydrogen) atoms. The Morgan fingerprint density at radius 1 is 1.17 bits per heavy atom. The number of nitrogens with zero attached hydrogens (tertiary/aromatic N) is 1. The lowest BCUT2D eigenvalue weighted by atomic mass is 10.2. The summed E-state index contributed by atoms with van der Waals surface area (Å²) in [5.74, 6) is -0.232. The summed E-state index contributed by atoms with van der Waals surface area (Å²) in [7, 11) is 0. The van der Waals surface area contributed by atoms with Gasteiger partial charge in [0.05, 0.1) is 0 Å². The van der Waals surface area contributed by atoms with Crippen LogP contribution in [0.5, 0.6) is 0 Å². The SMILES string of the molecule is Cc1cc(NC(=O)Cn2ccc3ccccc3c2=O)ccc1Br. The number of pyridine rings is 1. The van der Waals surface area contributed by atoms with Crippen LogP contribution >= 0.6 is 15.9 Å². The van der Waals surface area contributed by atoms with E-state index >= 15 is 0 Å². The maximum Gasteiger partial charge on any atom is 0.258 e. The highest BCUT2D eigenvalue weighted by Gasteiger charge is 2.08. The second kappa shape index (κ2) is 6.38. The van der Waals surface area contributed by atoms with Gasteiger partial charge in [-0.05, 0) is 48.2 Å². The first-order valence-electron chi connectivity index (χ1n) is 7.19. The van der Waals surface area contributed by atoms with E-state index in [-0.39, 0.29) is 18.0 Å². The zero-order valence-electron chi connectivity index (χ0n) is 12.5. The van der Waals surface area contributed by atoms with Crippen molar-refractivity contribution in [2.75, 3.05) is 5.32 Å². The van der Waals surface area contributed by atoms with Crippen molar-refractivity contribution in [2.45, 2.75) is 13.5 Å². The summed E-state index contributed by atoms with van der Waals surface area (Å²) in [5.41, 5.74) is 1.58. The summed E-state index contributed by atoms with van der Waals surface area (Å²) in [6.07, 6.45) is 1.65. The third-order valence-corrected chi connectivity index (χ3v) is 4.53. The average Bonchev–Trinajstić information content (AvgIpc) is 2.54. The van der Waals surface area contributed by atoms with Crippen molar-refractivity contribution in [3.05, 3.63) is 75.1 Å². The lowest BCUT2D eigenvalue weighted by Crippen LogP contribution is -2.27. The van der Waals surface area contributed by atoms with Gasteiger partial charge in [-0.15, -0.1) is 0 Å². The summed E-state index contributed by atoms with van der Waals surface area (Å²) in [6.45, 7) is 1.94. The Labute approximate surface area is 141 Å². The number of benzene rings is 2. The van der Waals surface area contributed by atoms with Crippen LogP contribution in [0.1, 0.15) is 5.56 Å². The van der Waals surface area contributed by atoms with E-state index in [2.05, 4.69) is 21.2 Å². The quantitative estimate of drug-likeness (QED) is 0.763. The van der Waals surface area contributed by atoms with E-state index in [1.54, 1.807) is 12.3 Å². The van der Waals surface area contributed by atoms with Crippen LogP contribution in [0.4, 0.5) is 5.69 Å². The van der Waals surface area contributed by atoms with Gasteiger partial charge in [0.25, 0.3) is 5.56 Å². The normalized spacial score (nSPS) is 10.7. The molecular formula is C18H15BrN2O2. The molecule has 4 nitrogen and oxygen atoms in total. The number of hydrogen-bond donors (Lipinski definition) is 1. The maximum atomic E-state index is 12.4. The molecule has 0 unspecified atom stereocenters. The van der Waals surface area contributed by atoms with Gasteiger partial charge in [-0.2, -0.15) is 0 Å². The molecule has 116 valence electrons. The fourth-order valence-corrected chi connectivity index (χ4v) is 2.68. The van der Waals surface area contributed by atoms with Crippen molar-refractivity contribution in [2.24, 2.45) is 0 Å². The van der Waals surface area contributed by atoms with E-state index < -0.39 is 0 Å². The van der Waals surface area contributed by atoms with E-state index in [0.29, 0.717) is 11.1 Å². The molecule has 3 aromatic rings. The molecule has 2 aromatic carbocycles. The monoisotopic (exact) mass is 370 g/mol. The summed E-state index contributed by atoms with van der Waals surface area (Å²) in [5, 5.41) is 4.30. The van der Waals surface area contributed by atoms with E-state index in [1.807, 2.05) is 49.4 Å². The summed E-state index contributed by atoms with van der Waals surface area (Å²) < 4.78 is 2.41. The minimum absolute atomic E-state index is 0.0151. The molecular weight excluding hydrogens is 356 g/mol. The smallest absolute Gasteiger partial charge is 0.258 e. The molecule has 0 aliphatic carbocycles. The van der Waals surface area contributed by atoms with Gasteiger partial charge < -0.3 is 9.88 Å². The van der Waals surface area contributed by atoms with Gasteiger partial charge in [-0.1, -0.05) is 34.1 Å². The number of carbonyl (C=O) groups is 1. The molecule has 0 aliphatic rings. The number of carbonyl (C=O) groups excluding carboxylic acids is 1.